The molecule has 0 radical (unpaired) electrons. The van der Waals surface area contributed by atoms with Crippen molar-refractivity contribution in [3.8, 4) is 0 Å². The Morgan fingerprint density at radius 2 is 1.86 bits per heavy atom. The summed E-state index contributed by atoms with van der Waals surface area (Å²) in [6, 6.07) is 10.2. The fourth-order valence-corrected chi connectivity index (χ4v) is 2.21. The molecular formula is C11H18O2Si. The minimum Gasteiger partial charge on any atom is -0.397 e. The summed E-state index contributed by atoms with van der Waals surface area (Å²) in [4.78, 5) is 0. The second-order valence-corrected chi connectivity index (χ2v) is 5.04. The van der Waals surface area contributed by atoms with Crippen LogP contribution in [0, 0.1) is 0 Å². The Labute approximate surface area is 87.7 Å². The van der Waals surface area contributed by atoms with E-state index < -0.39 is 9.28 Å². The molecule has 2 nitrogen and oxygen atoms in total. The van der Waals surface area contributed by atoms with E-state index in [0.717, 1.165) is 13.0 Å². The van der Waals surface area contributed by atoms with E-state index in [1.54, 1.807) is 0 Å². The third-order valence-corrected chi connectivity index (χ3v) is 3.23. The molecule has 0 saturated carbocycles. The first-order chi connectivity index (χ1) is 6.83. The standard InChI is InChI=1S/C11H18O2Si/c1-3-9-12-14(2)13-10-11-7-5-4-6-8-11/h4-8,14H,3,9-10H2,1-2H3. The molecule has 0 saturated heterocycles. The number of hydrogen-bond donors (Lipinski definition) is 0. The highest BCUT2D eigenvalue weighted by atomic mass is 28.3. The van der Waals surface area contributed by atoms with Gasteiger partial charge in [0.15, 0.2) is 0 Å². The zero-order valence-electron chi connectivity index (χ0n) is 8.90. The summed E-state index contributed by atoms with van der Waals surface area (Å²) in [7, 11) is -1.39. The predicted molar refractivity (Wildman–Crippen MR) is 60.5 cm³/mol. The maximum Gasteiger partial charge on any atom is 0.318 e. The first-order valence-electron chi connectivity index (χ1n) is 5.10. The molecule has 0 spiro atoms. The molecule has 0 aliphatic rings. The SMILES string of the molecule is CCCO[SiH](C)OCc1ccccc1. The van der Waals surface area contributed by atoms with Crippen LogP contribution in [0.5, 0.6) is 0 Å². The Bertz CT molecular complexity index is 238. The smallest absolute Gasteiger partial charge is 0.318 e. The lowest BCUT2D eigenvalue weighted by Gasteiger charge is -2.11. The normalized spacial score (nSPS) is 12.7. The molecule has 3 heteroatoms. The first kappa shape index (κ1) is 11.4. The van der Waals surface area contributed by atoms with E-state index in [9.17, 15) is 0 Å². The number of rotatable bonds is 6. The lowest BCUT2D eigenvalue weighted by molar-refractivity contribution is 0.194. The fraction of sp³-hybridized carbons (Fsp3) is 0.455. The molecule has 1 atom stereocenters. The van der Waals surface area contributed by atoms with Gasteiger partial charge in [0.1, 0.15) is 0 Å². The van der Waals surface area contributed by atoms with Crippen molar-refractivity contribution in [2.45, 2.75) is 26.5 Å². The van der Waals surface area contributed by atoms with Crippen molar-refractivity contribution < 1.29 is 8.85 Å². The van der Waals surface area contributed by atoms with Crippen molar-refractivity contribution in [1.29, 1.82) is 0 Å². The van der Waals surface area contributed by atoms with Crippen LogP contribution in [-0.4, -0.2) is 15.9 Å². The molecule has 0 bridgehead atoms. The van der Waals surface area contributed by atoms with Gasteiger partial charge in [0.05, 0.1) is 6.61 Å². The average Bonchev–Trinajstić information content (AvgIpc) is 2.25. The van der Waals surface area contributed by atoms with Crippen LogP contribution < -0.4 is 0 Å². The van der Waals surface area contributed by atoms with Crippen LogP contribution in [0.4, 0.5) is 0 Å². The molecule has 1 unspecified atom stereocenters. The number of hydrogen-bond acceptors (Lipinski definition) is 2. The average molecular weight is 210 g/mol. The van der Waals surface area contributed by atoms with Gasteiger partial charge in [-0.05, 0) is 18.5 Å². The van der Waals surface area contributed by atoms with Crippen molar-refractivity contribution in [2.24, 2.45) is 0 Å². The molecule has 1 aromatic rings. The van der Waals surface area contributed by atoms with E-state index in [2.05, 4.69) is 25.6 Å². The van der Waals surface area contributed by atoms with E-state index in [1.165, 1.54) is 5.56 Å². The molecule has 14 heavy (non-hydrogen) atoms. The zero-order chi connectivity index (χ0) is 10.2. The highest BCUT2D eigenvalue weighted by Crippen LogP contribution is 2.02. The summed E-state index contributed by atoms with van der Waals surface area (Å²) in [6.45, 7) is 5.68. The number of benzene rings is 1. The summed E-state index contributed by atoms with van der Waals surface area (Å²) in [5, 5.41) is 0. The van der Waals surface area contributed by atoms with Crippen LogP contribution in [0.3, 0.4) is 0 Å². The fourth-order valence-electron chi connectivity index (χ4n) is 1.12. The molecule has 0 heterocycles. The van der Waals surface area contributed by atoms with Crippen LogP contribution in [-0.2, 0) is 15.5 Å². The van der Waals surface area contributed by atoms with Crippen molar-refractivity contribution in [3.63, 3.8) is 0 Å². The summed E-state index contributed by atoms with van der Waals surface area (Å²) in [5.74, 6) is 0. The summed E-state index contributed by atoms with van der Waals surface area (Å²) in [6.07, 6.45) is 1.06. The van der Waals surface area contributed by atoms with Gasteiger partial charge >= 0.3 is 9.28 Å². The van der Waals surface area contributed by atoms with Gasteiger partial charge in [-0.3, -0.25) is 0 Å². The maximum absolute atomic E-state index is 5.65. The highest BCUT2D eigenvalue weighted by molar-refractivity contribution is 6.42. The van der Waals surface area contributed by atoms with Crippen LogP contribution in [0.25, 0.3) is 0 Å². The van der Waals surface area contributed by atoms with E-state index in [-0.39, 0.29) is 0 Å². The summed E-state index contributed by atoms with van der Waals surface area (Å²) >= 11 is 0. The summed E-state index contributed by atoms with van der Waals surface area (Å²) in [5.41, 5.74) is 1.21. The highest BCUT2D eigenvalue weighted by Gasteiger charge is 2.04. The molecule has 0 aromatic heterocycles. The van der Waals surface area contributed by atoms with Gasteiger partial charge < -0.3 is 8.85 Å². The largest absolute Gasteiger partial charge is 0.397 e. The van der Waals surface area contributed by atoms with E-state index in [4.69, 9.17) is 8.85 Å². The first-order valence-corrected chi connectivity index (χ1v) is 7.19. The Balaban J connectivity index is 2.20. The maximum atomic E-state index is 5.65. The lowest BCUT2D eigenvalue weighted by atomic mass is 10.2. The van der Waals surface area contributed by atoms with Crippen molar-refractivity contribution in [3.05, 3.63) is 35.9 Å². The Kier molecular flexibility index (Phi) is 5.52. The van der Waals surface area contributed by atoms with Crippen LogP contribution >= 0.6 is 0 Å². The van der Waals surface area contributed by atoms with Crippen molar-refractivity contribution in [1.82, 2.24) is 0 Å². The molecule has 0 amide bonds. The molecule has 0 N–H and O–H groups in total. The lowest BCUT2D eigenvalue weighted by Crippen LogP contribution is -2.18. The molecule has 1 aromatic carbocycles. The second kappa shape index (κ2) is 6.76. The minimum atomic E-state index is -1.39. The van der Waals surface area contributed by atoms with E-state index in [0.29, 0.717) is 6.61 Å². The summed E-state index contributed by atoms with van der Waals surface area (Å²) < 4.78 is 11.2. The monoisotopic (exact) mass is 210 g/mol. The topological polar surface area (TPSA) is 18.5 Å². The molecule has 78 valence electrons. The van der Waals surface area contributed by atoms with Gasteiger partial charge in [-0.25, -0.2) is 0 Å². The van der Waals surface area contributed by atoms with Crippen LogP contribution in [0.15, 0.2) is 30.3 Å². The third kappa shape index (κ3) is 4.55. The van der Waals surface area contributed by atoms with Gasteiger partial charge in [0.25, 0.3) is 0 Å². The van der Waals surface area contributed by atoms with E-state index >= 15 is 0 Å². The van der Waals surface area contributed by atoms with Gasteiger partial charge in [-0.2, -0.15) is 0 Å². The molecule has 0 aliphatic carbocycles. The van der Waals surface area contributed by atoms with Gasteiger partial charge in [0, 0.05) is 6.61 Å². The zero-order valence-corrected chi connectivity index (χ0v) is 10.1. The van der Waals surface area contributed by atoms with Gasteiger partial charge in [0.2, 0.25) is 0 Å². The molecule has 0 aliphatic heterocycles. The van der Waals surface area contributed by atoms with Crippen LogP contribution in [0.1, 0.15) is 18.9 Å². The van der Waals surface area contributed by atoms with Gasteiger partial charge in [-0.15, -0.1) is 0 Å². The Hall–Kier alpha value is -0.643. The predicted octanol–water partition coefficient (Wildman–Crippen LogP) is 2.48. The molecule has 1 rings (SSSR count). The van der Waals surface area contributed by atoms with Crippen LogP contribution in [0.2, 0.25) is 6.55 Å². The van der Waals surface area contributed by atoms with Crippen molar-refractivity contribution in [2.75, 3.05) is 6.61 Å². The Morgan fingerprint density at radius 3 is 2.50 bits per heavy atom. The Morgan fingerprint density at radius 1 is 1.14 bits per heavy atom. The van der Waals surface area contributed by atoms with E-state index in [1.807, 2.05) is 18.2 Å². The third-order valence-electron chi connectivity index (χ3n) is 1.88. The molecular weight excluding hydrogens is 192 g/mol. The minimum absolute atomic E-state index is 0.679. The van der Waals surface area contributed by atoms with Crippen molar-refractivity contribution >= 4 is 9.28 Å². The van der Waals surface area contributed by atoms with Gasteiger partial charge in [-0.1, -0.05) is 37.3 Å². The second-order valence-electron chi connectivity index (χ2n) is 3.24. The quantitative estimate of drug-likeness (QED) is 0.672. The molecule has 0 fully saturated rings.